The van der Waals surface area contributed by atoms with Gasteiger partial charge < -0.3 is 14.7 Å². The summed E-state index contributed by atoms with van der Waals surface area (Å²) in [6.07, 6.45) is 1.31. The van der Waals surface area contributed by atoms with Crippen molar-refractivity contribution in [3.63, 3.8) is 0 Å². The molecule has 13 heavy (non-hydrogen) atoms. The van der Waals surface area contributed by atoms with Crippen LogP contribution in [0.1, 0.15) is 5.56 Å². The molecule has 0 radical (unpaired) electrons. The summed E-state index contributed by atoms with van der Waals surface area (Å²) in [6, 6.07) is 5.22. The normalized spacial score (nSPS) is 10.3. The fourth-order valence-corrected chi connectivity index (χ4v) is 0.971. The fourth-order valence-electron chi connectivity index (χ4n) is 0.971. The average molecular weight is 181 g/mol. The molecule has 1 aromatic rings. The lowest BCUT2D eigenvalue weighted by atomic mass is 10.2. The first-order valence-corrected chi connectivity index (χ1v) is 3.70. The maximum absolute atomic E-state index is 8.33. The Kier molecular flexibility index (Phi) is 3.14. The Hall–Kier alpha value is -1.71. The van der Waals surface area contributed by atoms with E-state index in [0.29, 0.717) is 11.5 Å². The van der Waals surface area contributed by atoms with Gasteiger partial charge in [-0.05, 0) is 12.1 Å². The molecule has 70 valence electrons. The Morgan fingerprint density at radius 1 is 1.15 bits per heavy atom. The van der Waals surface area contributed by atoms with Crippen molar-refractivity contribution in [1.29, 1.82) is 0 Å². The Morgan fingerprint density at radius 3 is 2.08 bits per heavy atom. The highest BCUT2D eigenvalue weighted by molar-refractivity contribution is 5.80. The molecule has 4 nitrogen and oxygen atoms in total. The highest BCUT2D eigenvalue weighted by Crippen LogP contribution is 2.21. The van der Waals surface area contributed by atoms with Crippen LogP contribution in [-0.2, 0) is 0 Å². The van der Waals surface area contributed by atoms with E-state index in [9.17, 15) is 0 Å². The van der Waals surface area contributed by atoms with Crippen LogP contribution in [-0.4, -0.2) is 25.6 Å². The molecule has 0 aliphatic carbocycles. The van der Waals surface area contributed by atoms with Gasteiger partial charge in [-0.15, -0.1) is 0 Å². The molecule has 0 unspecified atom stereocenters. The molecular weight excluding hydrogens is 170 g/mol. The van der Waals surface area contributed by atoms with Crippen molar-refractivity contribution < 1.29 is 14.7 Å². The summed E-state index contributed by atoms with van der Waals surface area (Å²) >= 11 is 0. The minimum atomic E-state index is 0.661. The lowest BCUT2D eigenvalue weighted by molar-refractivity contribution is 0.322. The van der Waals surface area contributed by atoms with Gasteiger partial charge in [-0.25, -0.2) is 0 Å². The molecule has 0 saturated heterocycles. The molecule has 0 aliphatic rings. The van der Waals surface area contributed by atoms with Crippen LogP contribution in [0.5, 0.6) is 11.5 Å². The number of hydrogen-bond donors (Lipinski definition) is 1. The van der Waals surface area contributed by atoms with Crippen LogP contribution in [0.3, 0.4) is 0 Å². The van der Waals surface area contributed by atoms with Crippen molar-refractivity contribution in [3.8, 4) is 11.5 Å². The second-order valence-corrected chi connectivity index (χ2v) is 2.39. The quantitative estimate of drug-likeness (QED) is 0.437. The predicted octanol–water partition coefficient (Wildman–Crippen LogP) is 1.51. The number of ether oxygens (including phenoxy) is 2. The average Bonchev–Trinajstić information content (AvgIpc) is 2.17. The van der Waals surface area contributed by atoms with E-state index < -0.39 is 0 Å². The van der Waals surface area contributed by atoms with Gasteiger partial charge >= 0.3 is 0 Å². The SMILES string of the molecule is COc1cc(/C=N/O)cc(OC)c1. The number of nitrogens with zero attached hydrogens (tertiary/aromatic N) is 1. The van der Waals surface area contributed by atoms with Gasteiger partial charge in [-0.1, -0.05) is 5.16 Å². The molecule has 0 amide bonds. The van der Waals surface area contributed by atoms with Crippen molar-refractivity contribution in [2.24, 2.45) is 5.16 Å². The third-order valence-electron chi connectivity index (χ3n) is 1.58. The molecule has 1 N–H and O–H groups in total. The lowest BCUT2D eigenvalue weighted by Crippen LogP contribution is -1.90. The van der Waals surface area contributed by atoms with Crippen LogP contribution in [0, 0.1) is 0 Å². The third-order valence-corrected chi connectivity index (χ3v) is 1.58. The van der Waals surface area contributed by atoms with Crippen LogP contribution in [0.4, 0.5) is 0 Å². The van der Waals surface area contributed by atoms with Gasteiger partial charge in [-0.3, -0.25) is 0 Å². The minimum Gasteiger partial charge on any atom is -0.497 e. The standard InChI is InChI=1S/C9H11NO3/c1-12-8-3-7(6-10-11)4-9(5-8)13-2/h3-6,11H,1-2H3/b10-6+. The number of rotatable bonds is 3. The highest BCUT2D eigenvalue weighted by atomic mass is 16.5. The molecule has 0 fully saturated rings. The maximum Gasteiger partial charge on any atom is 0.123 e. The van der Waals surface area contributed by atoms with Crippen molar-refractivity contribution in [3.05, 3.63) is 23.8 Å². The van der Waals surface area contributed by atoms with Crippen molar-refractivity contribution >= 4 is 6.21 Å². The van der Waals surface area contributed by atoms with Crippen LogP contribution < -0.4 is 9.47 Å². The molecule has 4 heteroatoms. The molecule has 0 aliphatic heterocycles. The molecule has 0 atom stereocenters. The van der Waals surface area contributed by atoms with E-state index in [2.05, 4.69) is 5.16 Å². The van der Waals surface area contributed by atoms with Gasteiger partial charge in [0.05, 0.1) is 20.4 Å². The summed E-state index contributed by atoms with van der Waals surface area (Å²) in [5.74, 6) is 1.32. The van der Waals surface area contributed by atoms with E-state index in [4.69, 9.17) is 14.7 Å². The summed E-state index contributed by atoms with van der Waals surface area (Å²) in [4.78, 5) is 0. The van der Waals surface area contributed by atoms with E-state index in [-0.39, 0.29) is 0 Å². The Balaban J connectivity index is 3.07. The number of hydrogen-bond acceptors (Lipinski definition) is 4. The summed E-state index contributed by atoms with van der Waals surface area (Å²) in [7, 11) is 3.13. The van der Waals surface area contributed by atoms with E-state index in [0.717, 1.165) is 5.56 Å². The van der Waals surface area contributed by atoms with E-state index >= 15 is 0 Å². The number of methoxy groups -OCH3 is 2. The molecule has 0 spiro atoms. The van der Waals surface area contributed by atoms with Crippen molar-refractivity contribution in [1.82, 2.24) is 0 Å². The van der Waals surface area contributed by atoms with Crippen LogP contribution in [0.2, 0.25) is 0 Å². The molecule has 1 rings (SSSR count). The Morgan fingerprint density at radius 2 is 1.69 bits per heavy atom. The van der Waals surface area contributed by atoms with Gasteiger partial charge in [0.1, 0.15) is 11.5 Å². The maximum atomic E-state index is 8.33. The summed E-state index contributed by atoms with van der Waals surface area (Å²) in [5, 5.41) is 11.3. The first-order chi connectivity index (χ1) is 6.30. The number of benzene rings is 1. The largest absolute Gasteiger partial charge is 0.497 e. The first kappa shape index (κ1) is 9.38. The van der Waals surface area contributed by atoms with Gasteiger partial charge in [0.25, 0.3) is 0 Å². The van der Waals surface area contributed by atoms with Gasteiger partial charge in [0.2, 0.25) is 0 Å². The molecule has 0 bridgehead atoms. The molecule has 0 saturated carbocycles. The van der Waals surface area contributed by atoms with Gasteiger partial charge in [0.15, 0.2) is 0 Å². The van der Waals surface area contributed by atoms with E-state index in [1.54, 1.807) is 32.4 Å². The Labute approximate surface area is 76.4 Å². The van der Waals surface area contributed by atoms with E-state index in [1.807, 2.05) is 0 Å². The monoisotopic (exact) mass is 181 g/mol. The summed E-state index contributed by atoms with van der Waals surface area (Å²) < 4.78 is 10.0. The predicted molar refractivity (Wildman–Crippen MR) is 48.9 cm³/mol. The lowest BCUT2D eigenvalue weighted by Gasteiger charge is -2.04. The van der Waals surface area contributed by atoms with Gasteiger partial charge in [0, 0.05) is 11.6 Å². The zero-order chi connectivity index (χ0) is 9.68. The second-order valence-electron chi connectivity index (χ2n) is 2.39. The fraction of sp³-hybridized carbons (Fsp3) is 0.222. The second kappa shape index (κ2) is 4.35. The summed E-state index contributed by atoms with van der Waals surface area (Å²) in [6.45, 7) is 0. The number of oxime groups is 1. The van der Waals surface area contributed by atoms with Crippen molar-refractivity contribution in [2.45, 2.75) is 0 Å². The third kappa shape index (κ3) is 2.37. The first-order valence-electron chi connectivity index (χ1n) is 3.70. The summed E-state index contributed by atoms with van der Waals surface area (Å²) in [5.41, 5.74) is 0.721. The van der Waals surface area contributed by atoms with Crippen LogP contribution >= 0.6 is 0 Å². The molecule has 0 aromatic heterocycles. The topological polar surface area (TPSA) is 51.0 Å². The zero-order valence-corrected chi connectivity index (χ0v) is 7.52. The highest BCUT2D eigenvalue weighted by Gasteiger charge is 1.99. The van der Waals surface area contributed by atoms with Gasteiger partial charge in [-0.2, -0.15) is 0 Å². The van der Waals surface area contributed by atoms with Crippen molar-refractivity contribution in [2.75, 3.05) is 14.2 Å². The van der Waals surface area contributed by atoms with Crippen LogP contribution in [0.15, 0.2) is 23.4 Å². The molecule has 0 heterocycles. The Bertz CT molecular complexity index is 287. The zero-order valence-electron chi connectivity index (χ0n) is 7.52. The smallest absolute Gasteiger partial charge is 0.123 e. The minimum absolute atomic E-state index is 0.661. The molecular formula is C9H11NO3. The van der Waals surface area contributed by atoms with Crippen LogP contribution in [0.25, 0.3) is 0 Å². The molecule has 1 aromatic carbocycles. The van der Waals surface area contributed by atoms with E-state index in [1.165, 1.54) is 6.21 Å².